The van der Waals surface area contributed by atoms with E-state index in [0.29, 0.717) is 34.7 Å². The van der Waals surface area contributed by atoms with Crippen molar-refractivity contribution >= 4 is 34.6 Å². The van der Waals surface area contributed by atoms with Crippen molar-refractivity contribution in [3.63, 3.8) is 0 Å². The number of hydrogen-bond acceptors (Lipinski definition) is 5. The number of fused-ring (bicyclic) bond motifs is 1. The first-order chi connectivity index (χ1) is 14.2. The molecule has 0 saturated heterocycles. The van der Waals surface area contributed by atoms with Crippen LogP contribution in [0.25, 0.3) is 11.5 Å². The molecule has 0 saturated carbocycles. The van der Waals surface area contributed by atoms with Crippen molar-refractivity contribution in [2.24, 2.45) is 4.99 Å². The summed E-state index contributed by atoms with van der Waals surface area (Å²) in [5.74, 6) is 1.05. The maximum Gasteiger partial charge on any atom is 0.247 e. The van der Waals surface area contributed by atoms with Crippen LogP contribution in [0, 0.1) is 0 Å². The SMILES string of the molecule is Clc1cccc(Cl)c1C1=Nc2ccc(-c3nnc(Cc4ccncc4)o3)cc2C1. The molecule has 0 spiro atoms. The minimum Gasteiger partial charge on any atom is -0.420 e. The average Bonchev–Trinajstić information content (AvgIpc) is 3.35. The first kappa shape index (κ1) is 18.0. The third kappa shape index (κ3) is 3.55. The minimum atomic E-state index is 0.487. The smallest absolute Gasteiger partial charge is 0.247 e. The molecule has 0 bridgehead atoms. The summed E-state index contributed by atoms with van der Waals surface area (Å²) in [5, 5.41) is 9.57. The molecule has 0 radical (unpaired) electrons. The molecule has 29 heavy (non-hydrogen) atoms. The van der Waals surface area contributed by atoms with Gasteiger partial charge in [-0.2, -0.15) is 0 Å². The van der Waals surface area contributed by atoms with Gasteiger partial charge in [-0.3, -0.25) is 9.98 Å². The van der Waals surface area contributed by atoms with E-state index in [-0.39, 0.29) is 0 Å². The molecule has 142 valence electrons. The van der Waals surface area contributed by atoms with E-state index >= 15 is 0 Å². The largest absolute Gasteiger partial charge is 0.420 e. The Bertz CT molecular complexity index is 1210. The molecule has 7 heteroatoms. The fourth-order valence-electron chi connectivity index (χ4n) is 3.37. The number of aromatic nitrogens is 3. The van der Waals surface area contributed by atoms with Gasteiger partial charge >= 0.3 is 0 Å². The number of rotatable bonds is 4. The fourth-order valence-corrected chi connectivity index (χ4v) is 3.98. The van der Waals surface area contributed by atoms with Crippen LogP contribution < -0.4 is 0 Å². The lowest BCUT2D eigenvalue weighted by atomic mass is 10.0. The fraction of sp³-hybridized carbons (Fsp3) is 0.0909. The van der Waals surface area contributed by atoms with Gasteiger partial charge < -0.3 is 4.42 Å². The second kappa shape index (κ2) is 7.43. The lowest BCUT2D eigenvalue weighted by Crippen LogP contribution is -2.02. The van der Waals surface area contributed by atoms with Gasteiger partial charge in [-0.1, -0.05) is 29.3 Å². The van der Waals surface area contributed by atoms with Gasteiger partial charge in [0.2, 0.25) is 11.8 Å². The highest BCUT2D eigenvalue weighted by Gasteiger charge is 2.21. The van der Waals surface area contributed by atoms with E-state index in [2.05, 4.69) is 15.2 Å². The van der Waals surface area contributed by atoms with Crippen LogP contribution in [0.15, 0.2) is 70.3 Å². The third-order valence-electron chi connectivity index (χ3n) is 4.76. The van der Waals surface area contributed by atoms with Crippen molar-refractivity contribution in [2.75, 3.05) is 0 Å². The summed E-state index contributed by atoms with van der Waals surface area (Å²) >= 11 is 12.7. The lowest BCUT2D eigenvalue weighted by Gasteiger charge is -2.05. The van der Waals surface area contributed by atoms with Crippen LogP contribution in [-0.2, 0) is 12.8 Å². The van der Waals surface area contributed by atoms with Gasteiger partial charge in [0.15, 0.2) is 0 Å². The zero-order valence-corrected chi connectivity index (χ0v) is 16.7. The van der Waals surface area contributed by atoms with Crippen molar-refractivity contribution in [2.45, 2.75) is 12.8 Å². The Morgan fingerprint density at radius 3 is 2.52 bits per heavy atom. The lowest BCUT2D eigenvalue weighted by molar-refractivity contribution is 0.518. The normalized spacial score (nSPS) is 12.7. The van der Waals surface area contributed by atoms with Crippen LogP contribution >= 0.6 is 23.2 Å². The third-order valence-corrected chi connectivity index (χ3v) is 5.39. The highest BCUT2D eigenvalue weighted by molar-refractivity contribution is 6.40. The summed E-state index contributed by atoms with van der Waals surface area (Å²) in [6.07, 6.45) is 4.70. The molecular weight excluding hydrogens is 407 g/mol. The van der Waals surface area contributed by atoms with Crippen LogP contribution in [-0.4, -0.2) is 20.9 Å². The van der Waals surface area contributed by atoms with E-state index in [0.717, 1.165) is 33.7 Å². The molecule has 3 heterocycles. The Morgan fingerprint density at radius 2 is 1.72 bits per heavy atom. The molecular formula is C22H14Cl2N4O. The van der Waals surface area contributed by atoms with E-state index < -0.39 is 0 Å². The first-order valence-corrected chi connectivity index (χ1v) is 9.79. The van der Waals surface area contributed by atoms with Crippen molar-refractivity contribution in [1.29, 1.82) is 0 Å². The Labute approximate surface area is 177 Å². The van der Waals surface area contributed by atoms with Gasteiger partial charge in [-0.05, 0) is 53.6 Å². The average molecular weight is 421 g/mol. The standard InChI is InChI=1S/C22H14Cl2N4O/c23-16-2-1-3-17(24)21(16)19-12-15-11-14(4-5-18(15)26-19)22-28-27-20(29-22)10-13-6-8-25-9-7-13/h1-9,11H,10,12H2. The number of nitrogens with zero attached hydrogens (tertiary/aromatic N) is 4. The van der Waals surface area contributed by atoms with Crippen molar-refractivity contribution < 1.29 is 4.42 Å². The highest BCUT2D eigenvalue weighted by atomic mass is 35.5. The maximum atomic E-state index is 6.35. The van der Waals surface area contributed by atoms with Crippen molar-refractivity contribution in [3.05, 3.63) is 93.6 Å². The van der Waals surface area contributed by atoms with Gasteiger partial charge in [-0.15, -0.1) is 10.2 Å². The zero-order valence-electron chi connectivity index (χ0n) is 15.1. The molecule has 0 N–H and O–H groups in total. The molecule has 0 unspecified atom stereocenters. The van der Waals surface area contributed by atoms with Gasteiger partial charge in [0.1, 0.15) is 0 Å². The molecule has 1 aliphatic heterocycles. The molecule has 0 fully saturated rings. The van der Waals surface area contributed by atoms with Crippen LogP contribution in [0.3, 0.4) is 0 Å². The van der Waals surface area contributed by atoms with Crippen LogP contribution in [0.4, 0.5) is 5.69 Å². The molecule has 5 nitrogen and oxygen atoms in total. The van der Waals surface area contributed by atoms with Crippen LogP contribution in [0.1, 0.15) is 22.6 Å². The monoisotopic (exact) mass is 420 g/mol. The molecule has 5 rings (SSSR count). The Kier molecular flexibility index (Phi) is 4.62. The number of pyridine rings is 1. The molecule has 0 aliphatic carbocycles. The second-order valence-electron chi connectivity index (χ2n) is 6.71. The molecule has 0 amide bonds. The second-order valence-corrected chi connectivity index (χ2v) is 7.52. The summed E-state index contributed by atoms with van der Waals surface area (Å²) in [5.41, 5.74) is 5.54. The minimum absolute atomic E-state index is 0.487. The number of hydrogen-bond donors (Lipinski definition) is 0. The number of aliphatic imine (C=N–C) groups is 1. The predicted molar refractivity (Wildman–Crippen MR) is 113 cm³/mol. The van der Waals surface area contributed by atoms with Gasteiger partial charge in [0.05, 0.1) is 27.9 Å². The predicted octanol–water partition coefficient (Wildman–Crippen LogP) is 5.71. The van der Waals surface area contributed by atoms with Gasteiger partial charge in [0, 0.05) is 29.9 Å². The van der Waals surface area contributed by atoms with Crippen LogP contribution in [0.5, 0.6) is 0 Å². The number of halogens is 2. The van der Waals surface area contributed by atoms with Crippen molar-refractivity contribution in [3.8, 4) is 11.5 Å². The van der Waals surface area contributed by atoms with Gasteiger partial charge in [0.25, 0.3) is 0 Å². The summed E-state index contributed by atoms with van der Waals surface area (Å²) < 4.78 is 5.86. The number of benzene rings is 2. The van der Waals surface area contributed by atoms with Crippen molar-refractivity contribution in [1.82, 2.24) is 15.2 Å². The Balaban J connectivity index is 1.40. The Hall–Kier alpha value is -3.02. The summed E-state index contributed by atoms with van der Waals surface area (Å²) in [6.45, 7) is 0. The zero-order chi connectivity index (χ0) is 19.8. The van der Waals surface area contributed by atoms with E-state index in [9.17, 15) is 0 Å². The molecule has 2 aromatic carbocycles. The van der Waals surface area contributed by atoms with E-state index in [1.54, 1.807) is 12.4 Å². The highest BCUT2D eigenvalue weighted by Crippen LogP contribution is 2.36. The van der Waals surface area contributed by atoms with E-state index in [1.807, 2.05) is 48.5 Å². The molecule has 2 aromatic heterocycles. The molecule has 4 aromatic rings. The van der Waals surface area contributed by atoms with E-state index in [4.69, 9.17) is 32.6 Å². The quantitative estimate of drug-likeness (QED) is 0.424. The summed E-state index contributed by atoms with van der Waals surface area (Å²) in [7, 11) is 0. The Morgan fingerprint density at radius 1 is 0.931 bits per heavy atom. The van der Waals surface area contributed by atoms with Gasteiger partial charge in [-0.25, -0.2) is 0 Å². The summed E-state index contributed by atoms with van der Waals surface area (Å²) in [6, 6.07) is 15.2. The van der Waals surface area contributed by atoms with E-state index in [1.165, 1.54) is 0 Å². The summed E-state index contributed by atoms with van der Waals surface area (Å²) in [4.78, 5) is 8.73. The van der Waals surface area contributed by atoms with Crippen LogP contribution in [0.2, 0.25) is 10.0 Å². The topological polar surface area (TPSA) is 64.2 Å². The first-order valence-electron chi connectivity index (χ1n) is 9.04. The molecule has 1 aliphatic rings. The molecule has 0 atom stereocenters. The maximum absolute atomic E-state index is 6.35.